The largest absolute Gasteiger partial charge is 0.394 e. The monoisotopic (exact) mass is 210 g/mol. The van der Waals surface area contributed by atoms with Crippen LogP contribution in [0.3, 0.4) is 0 Å². The van der Waals surface area contributed by atoms with Gasteiger partial charge in [-0.1, -0.05) is 0 Å². The van der Waals surface area contributed by atoms with Gasteiger partial charge in [0.05, 0.1) is 11.9 Å². The van der Waals surface area contributed by atoms with Crippen LogP contribution in [-0.4, -0.2) is 28.8 Å². The number of hydrogen-bond donors (Lipinski definition) is 3. The maximum absolute atomic E-state index is 11.7. The summed E-state index contributed by atoms with van der Waals surface area (Å²) in [6.07, 6.45) is 3.91. The number of carbonyl (C=O) groups excluding carboxylic acids is 1. The first-order chi connectivity index (χ1) is 7.27. The lowest BCUT2D eigenvalue weighted by atomic mass is 10.1. The highest BCUT2D eigenvalue weighted by atomic mass is 16.5. The Bertz CT molecular complexity index is 344. The molecular weight excluding hydrogens is 196 g/mol. The van der Waals surface area contributed by atoms with Crippen LogP contribution < -0.4 is 11.1 Å². The van der Waals surface area contributed by atoms with Crippen molar-refractivity contribution in [3.05, 3.63) is 6.20 Å². The summed E-state index contributed by atoms with van der Waals surface area (Å²) in [5.74, 6) is 0.278. The van der Waals surface area contributed by atoms with Crippen molar-refractivity contribution in [1.82, 2.24) is 10.2 Å². The first-order valence-corrected chi connectivity index (χ1v) is 4.98. The van der Waals surface area contributed by atoms with E-state index in [4.69, 9.17) is 10.5 Å². The van der Waals surface area contributed by atoms with E-state index in [-0.39, 0.29) is 12.0 Å². The van der Waals surface area contributed by atoms with Crippen LogP contribution in [0.1, 0.15) is 19.3 Å². The molecule has 1 aromatic rings. The Morgan fingerprint density at radius 2 is 2.53 bits per heavy atom. The van der Waals surface area contributed by atoms with Gasteiger partial charge in [0.1, 0.15) is 6.10 Å². The van der Waals surface area contributed by atoms with Crippen molar-refractivity contribution in [1.29, 1.82) is 0 Å². The number of nitrogen functional groups attached to an aromatic ring is 1. The summed E-state index contributed by atoms with van der Waals surface area (Å²) in [7, 11) is 0. The van der Waals surface area contributed by atoms with Crippen molar-refractivity contribution in [3.63, 3.8) is 0 Å². The van der Waals surface area contributed by atoms with Gasteiger partial charge in [0.15, 0.2) is 5.82 Å². The molecule has 1 aliphatic rings. The maximum atomic E-state index is 11.7. The zero-order valence-electron chi connectivity index (χ0n) is 8.32. The van der Waals surface area contributed by atoms with Crippen LogP contribution in [0.5, 0.6) is 0 Å². The molecule has 82 valence electrons. The van der Waals surface area contributed by atoms with Crippen LogP contribution >= 0.6 is 0 Å². The molecule has 15 heavy (non-hydrogen) atoms. The summed E-state index contributed by atoms with van der Waals surface area (Å²) in [6.45, 7) is 0.649. The molecule has 1 aliphatic heterocycles. The summed E-state index contributed by atoms with van der Waals surface area (Å²) in [4.78, 5) is 11.7. The van der Waals surface area contributed by atoms with E-state index in [2.05, 4.69) is 15.5 Å². The van der Waals surface area contributed by atoms with Crippen LogP contribution in [0, 0.1) is 0 Å². The van der Waals surface area contributed by atoms with Gasteiger partial charge in [0.2, 0.25) is 0 Å². The van der Waals surface area contributed by atoms with Crippen molar-refractivity contribution >= 4 is 17.4 Å². The molecule has 0 spiro atoms. The summed E-state index contributed by atoms with van der Waals surface area (Å²) < 4.78 is 5.34. The first-order valence-electron chi connectivity index (χ1n) is 4.98. The van der Waals surface area contributed by atoms with Gasteiger partial charge in [0.25, 0.3) is 5.91 Å². The second kappa shape index (κ2) is 4.31. The smallest absolute Gasteiger partial charge is 0.254 e. The molecule has 0 aromatic carbocycles. The first kappa shape index (κ1) is 9.97. The summed E-state index contributed by atoms with van der Waals surface area (Å²) in [6, 6.07) is 0. The Kier molecular flexibility index (Phi) is 2.86. The molecule has 0 saturated carbocycles. The van der Waals surface area contributed by atoms with E-state index in [1.165, 1.54) is 6.20 Å². The second-order valence-electron chi connectivity index (χ2n) is 3.54. The van der Waals surface area contributed by atoms with Crippen LogP contribution in [0.2, 0.25) is 0 Å². The molecule has 1 amide bonds. The summed E-state index contributed by atoms with van der Waals surface area (Å²) in [5.41, 5.74) is 6.00. The number of aromatic amines is 1. The van der Waals surface area contributed by atoms with E-state index in [0.717, 1.165) is 19.3 Å². The van der Waals surface area contributed by atoms with E-state index in [1.54, 1.807) is 0 Å². The molecule has 1 unspecified atom stereocenters. The molecule has 0 radical (unpaired) electrons. The summed E-state index contributed by atoms with van der Waals surface area (Å²) >= 11 is 0. The molecule has 1 saturated heterocycles. The minimum atomic E-state index is -0.360. The average Bonchev–Trinajstić information content (AvgIpc) is 2.66. The number of hydrogen-bond acceptors (Lipinski definition) is 4. The van der Waals surface area contributed by atoms with E-state index >= 15 is 0 Å². The highest BCUT2D eigenvalue weighted by Gasteiger charge is 2.22. The zero-order chi connectivity index (χ0) is 10.7. The highest BCUT2D eigenvalue weighted by Crippen LogP contribution is 2.17. The Morgan fingerprint density at radius 1 is 1.67 bits per heavy atom. The molecule has 1 fully saturated rings. The van der Waals surface area contributed by atoms with Crippen molar-refractivity contribution < 1.29 is 9.53 Å². The van der Waals surface area contributed by atoms with Gasteiger partial charge in [-0.3, -0.25) is 9.89 Å². The Morgan fingerprint density at radius 3 is 3.13 bits per heavy atom. The van der Waals surface area contributed by atoms with Crippen LogP contribution in [0.4, 0.5) is 11.5 Å². The van der Waals surface area contributed by atoms with Gasteiger partial charge in [-0.05, 0) is 19.3 Å². The lowest BCUT2D eigenvalue weighted by Gasteiger charge is -2.21. The fraction of sp³-hybridized carbons (Fsp3) is 0.556. The molecular formula is C9H14N4O2. The summed E-state index contributed by atoms with van der Waals surface area (Å²) in [5, 5.41) is 8.98. The topological polar surface area (TPSA) is 93.0 Å². The minimum absolute atomic E-state index is 0.161. The number of carbonyl (C=O) groups is 1. The van der Waals surface area contributed by atoms with Crippen LogP contribution in [-0.2, 0) is 9.53 Å². The van der Waals surface area contributed by atoms with E-state index < -0.39 is 0 Å². The van der Waals surface area contributed by atoms with Gasteiger partial charge >= 0.3 is 0 Å². The predicted molar refractivity (Wildman–Crippen MR) is 55.2 cm³/mol. The van der Waals surface area contributed by atoms with Gasteiger partial charge in [-0.2, -0.15) is 5.10 Å². The van der Waals surface area contributed by atoms with Gasteiger partial charge < -0.3 is 15.8 Å². The van der Waals surface area contributed by atoms with Crippen molar-refractivity contribution in [2.45, 2.75) is 25.4 Å². The Hall–Kier alpha value is -1.56. The average molecular weight is 210 g/mol. The number of anilines is 2. The fourth-order valence-corrected chi connectivity index (χ4v) is 1.55. The second-order valence-corrected chi connectivity index (χ2v) is 3.54. The molecule has 0 bridgehead atoms. The van der Waals surface area contributed by atoms with Crippen molar-refractivity contribution in [2.75, 3.05) is 17.7 Å². The lowest BCUT2D eigenvalue weighted by molar-refractivity contribution is -0.130. The number of aromatic nitrogens is 2. The Balaban J connectivity index is 1.94. The Labute approximate surface area is 87.2 Å². The molecule has 1 aromatic heterocycles. The third-order valence-corrected chi connectivity index (χ3v) is 2.39. The molecule has 1 atom stereocenters. The fourth-order valence-electron chi connectivity index (χ4n) is 1.55. The van der Waals surface area contributed by atoms with E-state index in [0.29, 0.717) is 18.1 Å². The third-order valence-electron chi connectivity index (χ3n) is 2.39. The van der Waals surface area contributed by atoms with E-state index in [1.807, 2.05) is 0 Å². The number of nitrogens with one attached hydrogen (secondary N) is 2. The van der Waals surface area contributed by atoms with Gasteiger partial charge in [0, 0.05) is 6.61 Å². The third kappa shape index (κ3) is 2.27. The number of ether oxygens (including phenoxy) is 1. The quantitative estimate of drug-likeness (QED) is 0.662. The molecule has 2 heterocycles. The maximum Gasteiger partial charge on any atom is 0.254 e. The zero-order valence-corrected chi connectivity index (χ0v) is 8.32. The van der Waals surface area contributed by atoms with Crippen molar-refractivity contribution in [3.8, 4) is 0 Å². The van der Waals surface area contributed by atoms with Gasteiger partial charge in [-0.15, -0.1) is 0 Å². The molecule has 0 aliphatic carbocycles. The standard InChI is InChI=1S/C9H14N4O2/c10-6-5-11-13-8(6)12-9(14)7-3-1-2-4-15-7/h5,7H,1-4,10H2,(H2,11,12,13,14). The number of nitrogens with zero attached hydrogens (tertiary/aromatic N) is 1. The van der Waals surface area contributed by atoms with Crippen LogP contribution in [0.15, 0.2) is 6.20 Å². The molecule has 6 nitrogen and oxygen atoms in total. The normalized spacial score (nSPS) is 21.2. The number of nitrogens with two attached hydrogens (primary N) is 1. The number of amides is 1. The number of H-pyrrole nitrogens is 1. The highest BCUT2D eigenvalue weighted by molar-refractivity contribution is 5.95. The van der Waals surface area contributed by atoms with Gasteiger partial charge in [-0.25, -0.2) is 0 Å². The predicted octanol–water partition coefficient (Wildman–Crippen LogP) is 0.499. The van der Waals surface area contributed by atoms with Crippen molar-refractivity contribution in [2.24, 2.45) is 0 Å². The molecule has 6 heteroatoms. The SMILES string of the molecule is Nc1cn[nH]c1NC(=O)C1CCCCO1. The van der Waals surface area contributed by atoms with E-state index in [9.17, 15) is 4.79 Å². The van der Waals surface area contributed by atoms with Crippen LogP contribution in [0.25, 0.3) is 0 Å². The minimum Gasteiger partial charge on any atom is -0.394 e. The lowest BCUT2D eigenvalue weighted by Crippen LogP contribution is -2.33. The molecule has 2 rings (SSSR count). The molecule has 4 N–H and O–H groups in total. The number of rotatable bonds is 2.